The number of benzene rings is 1. The van der Waals surface area contributed by atoms with Gasteiger partial charge in [-0.25, -0.2) is 0 Å². The van der Waals surface area contributed by atoms with Gasteiger partial charge < -0.3 is 9.88 Å². The van der Waals surface area contributed by atoms with Crippen molar-refractivity contribution in [2.75, 3.05) is 0 Å². The van der Waals surface area contributed by atoms with Gasteiger partial charge in [0.2, 0.25) is 5.91 Å². The maximum absolute atomic E-state index is 11.6. The van der Waals surface area contributed by atoms with Crippen molar-refractivity contribution in [2.45, 2.75) is 32.9 Å². The van der Waals surface area contributed by atoms with Crippen LogP contribution in [0.4, 0.5) is 0 Å². The first-order valence-corrected chi connectivity index (χ1v) is 6.48. The molecule has 0 aliphatic heterocycles. The molecular weight excluding hydrogens is 248 g/mol. The predicted molar refractivity (Wildman–Crippen MR) is 74.8 cm³/mol. The summed E-state index contributed by atoms with van der Waals surface area (Å²) in [6, 6.07) is 7.99. The lowest BCUT2D eigenvalue weighted by molar-refractivity contribution is -0.121. The second-order valence-electron chi connectivity index (χ2n) is 4.65. The van der Waals surface area contributed by atoms with E-state index in [1.54, 1.807) is 0 Å². The van der Waals surface area contributed by atoms with Gasteiger partial charge in [0.25, 0.3) is 0 Å². The van der Waals surface area contributed by atoms with Gasteiger partial charge in [0.05, 0.1) is 0 Å². The Bertz CT molecular complexity index is 560. The topological polar surface area (TPSA) is 34.0 Å². The minimum Gasteiger partial charge on any atom is -0.354 e. The van der Waals surface area contributed by atoms with Gasteiger partial charge in [0.15, 0.2) is 0 Å². The Balaban J connectivity index is 2.09. The highest BCUT2D eigenvalue weighted by Crippen LogP contribution is 2.24. The first kappa shape index (κ1) is 13.0. The van der Waals surface area contributed by atoms with Gasteiger partial charge in [-0.15, -0.1) is 0 Å². The third-order valence-corrected chi connectivity index (χ3v) is 3.12. The van der Waals surface area contributed by atoms with E-state index in [0.717, 1.165) is 15.9 Å². The number of aromatic nitrogens is 1. The zero-order valence-corrected chi connectivity index (χ0v) is 11.4. The van der Waals surface area contributed by atoms with E-state index < -0.39 is 0 Å². The highest BCUT2D eigenvalue weighted by molar-refractivity contribution is 6.35. The average molecular weight is 265 g/mol. The van der Waals surface area contributed by atoms with Crippen LogP contribution in [0.15, 0.2) is 30.5 Å². The minimum atomic E-state index is 0.0777. The zero-order valence-electron chi connectivity index (χ0n) is 10.6. The van der Waals surface area contributed by atoms with Gasteiger partial charge in [0, 0.05) is 41.1 Å². The van der Waals surface area contributed by atoms with Crippen molar-refractivity contribution in [3.05, 3.63) is 35.5 Å². The van der Waals surface area contributed by atoms with Gasteiger partial charge in [-0.2, -0.15) is 0 Å². The van der Waals surface area contributed by atoms with Crippen LogP contribution in [-0.2, 0) is 11.3 Å². The number of nitrogens with one attached hydrogen (secondary N) is 1. The summed E-state index contributed by atoms with van der Waals surface area (Å²) < 4.78 is 2.06. The third kappa shape index (κ3) is 2.85. The number of nitrogens with zero attached hydrogens (tertiary/aromatic N) is 1. The Morgan fingerprint density at radius 2 is 2.17 bits per heavy atom. The van der Waals surface area contributed by atoms with E-state index in [4.69, 9.17) is 11.6 Å². The van der Waals surface area contributed by atoms with Crippen LogP contribution in [0.3, 0.4) is 0 Å². The van der Waals surface area contributed by atoms with E-state index in [1.165, 1.54) is 0 Å². The summed E-state index contributed by atoms with van der Waals surface area (Å²) in [5, 5.41) is 4.67. The number of halogens is 1. The highest BCUT2D eigenvalue weighted by atomic mass is 35.5. The zero-order chi connectivity index (χ0) is 13.1. The summed E-state index contributed by atoms with van der Waals surface area (Å²) in [7, 11) is 0. The summed E-state index contributed by atoms with van der Waals surface area (Å²) in [6.45, 7) is 4.59. The average Bonchev–Trinajstić information content (AvgIpc) is 2.70. The molecule has 0 fully saturated rings. The van der Waals surface area contributed by atoms with Crippen molar-refractivity contribution in [1.29, 1.82) is 0 Å². The summed E-state index contributed by atoms with van der Waals surface area (Å²) in [5.74, 6) is 0.0777. The Kier molecular flexibility index (Phi) is 3.92. The van der Waals surface area contributed by atoms with E-state index in [-0.39, 0.29) is 11.9 Å². The van der Waals surface area contributed by atoms with Gasteiger partial charge in [-0.1, -0.05) is 17.7 Å². The number of carbonyl (C=O) groups excluding carboxylic acids is 1. The van der Waals surface area contributed by atoms with Crippen molar-refractivity contribution in [3.63, 3.8) is 0 Å². The van der Waals surface area contributed by atoms with Crippen LogP contribution in [0.2, 0.25) is 5.02 Å². The maximum Gasteiger partial charge on any atom is 0.221 e. The number of aryl methyl sites for hydroxylation is 1. The van der Waals surface area contributed by atoms with Crippen molar-refractivity contribution in [2.24, 2.45) is 0 Å². The molecule has 2 aromatic rings. The lowest BCUT2D eigenvalue weighted by Gasteiger charge is -2.09. The molecule has 1 aromatic carbocycles. The third-order valence-electron chi connectivity index (χ3n) is 2.79. The normalized spacial score (nSPS) is 11.1. The van der Waals surface area contributed by atoms with Gasteiger partial charge in [-0.3, -0.25) is 4.79 Å². The van der Waals surface area contributed by atoms with Crippen LogP contribution in [-0.4, -0.2) is 16.5 Å². The summed E-state index contributed by atoms with van der Waals surface area (Å²) in [5.41, 5.74) is 1.07. The van der Waals surface area contributed by atoms with Crippen molar-refractivity contribution >= 4 is 28.4 Å². The van der Waals surface area contributed by atoms with Crippen LogP contribution in [0.25, 0.3) is 10.9 Å². The van der Waals surface area contributed by atoms with E-state index in [0.29, 0.717) is 13.0 Å². The maximum atomic E-state index is 11.6. The number of rotatable bonds is 4. The number of amides is 1. The number of fused-ring (bicyclic) bond motifs is 1. The van der Waals surface area contributed by atoms with Gasteiger partial charge >= 0.3 is 0 Å². The number of carbonyl (C=O) groups is 1. The molecule has 96 valence electrons. The summed E-state index contributed by atoms with van der Waals surface area (Å²) >= 11 is 6.11. The molecule has 1 heterocycles. The monoisotopic (exact) mass is 264 g/mol. The van der Waals surface area contributed by atoms with Gasteiger partial charge in [-0.05, 0) is 32.0 Å². The SMILES string of the molecule is CC(C)NC(=O)CCn1ccc2c(Cl)cccc21. The molecule has 1 aromatic heterocycles. The molecule has 0 spiro atoms. The quantitative estimate of drug-likeness (QED) is 0.904. The molecular formula is C14H17ClN2O. The Hall–Kier alpha value is -1.48. The largest absolute Gasteiger partial charge is 0.354 e. The Morgan fingerprint density at radius 3 is 2.89 bits per heavy atom. The number of hydrogen-bond acceptors (Lipinski definition) is 1. The fraction of sp³-hybridized carbons (Fsp3) is 0.357. The smallest absolute Gasteiger partial charge is 0.221 e. The standard InChI is InChI=1S/C14H17ClN2O/c1-10(2)16-14(18)7-9-17-8-6-11-12(15)4-3-5-13(11)17/h3-6,8,10H,7,9H2,1-2H3,(H,16,18). The molecule has 0 radical (unpaired) electrons. The predicted octanol–water partition coefficient (Wildman–Crippen LogP) is 3.21. The minimum absolute atomic E-state index is 0.0777. The van der Waals surface area contributed by atoms with Crippen molar-refractivity contribution < 1.29 is 4.79 Å². The molecule has 18 heavy (non-hydrogen) atoms. The second-order valence-corrected chi connectivity index (χ2v) is 5.06. The molecule has 3 nitrogen and oxygen atoms in total. The highest BCUT2D eigenvalue weighted by Gasteiger charge is 2.07. The fourth-order valence-corrected chi connectivity index (χ4v) is 2.23. The van der Waals surface area contributed by atoms with Crippen LogP contribution >= 0.6 is 11.6 Å². The Morgan fingerprint density at radius 1 is 1.39 bits per heavy atom. The molecule has 0 aliphatic rings. The van der Waals surface area contributed by atoms with E-state index >= 15 is 0 Å². The summed E-state index contributed by atoms with van der Waals surface area (Å²) in [4.78, 5) is 11.6. The van der Waals surface area contributed by atoms with Crippen LogP contribution in [0.5, 0.6) is 0 Å². The van der Waals surface area contributed by atoms with Crippen LogP contribution < -0.4 is 5.32 Å². The molecule has 1 N–H and O–H groups in total. The van der Waals surface area contributed by atoms with E-state index in [1.807, 2.05) is 44.3 Å². The van der Waals surface area contributed by atoms with Crippen molar-refractivity contribution in [3.8, 4) is 0 Å². The second kappa shape index (κ2) is 5.44. The fourth-order valence-electron chi connectivity index (χ4n) is 2.00. The molecule has 0 saturated heterocycles. The Labute approximate surface area is 112 Å². The summed E-state index contributed by atoms with van der Waals surface area (Å²) in [6.07, 6.45) is 2.45. The molecule has 1 amide bonds. The molecule has 0 saturated carbocycles. The molecule has 0 bridgehead atoms. The van der Waals surface area contributed by atoms with E-state index in [9.17, 15) is 4.79 Å². The number of hydrogen-bond donors (Lipinski definition) is 1. The lowest BCUT2D eigenvalue weighted by atomic mass is 10.2. The molecule has 4 heteroatoms. The molecule has 0 atom stereocenters. The first-order valence-electron chi connectivity index (χ1n) is 6.10. The molecule has 0 aliphatic carbocycles. The molecule has 2 rings (SSSR count). The van der Waals surface area contributed by atoms with Crippen molar-refractivity contribution in [1.82, 2.24) is 9.88 Å². The van der Waals surface area contributed by atoms with Gasteiger partial charge in [0.1, 0.15) is 0 Å². The van der Waals surface area contributed by atoms with Crippen LogP contribution in [0.1, 0.15) is 20.3 Å². The molecule has 0 unspecified atom stereocenters. The van der Waals surface area contributed by atoms with Crippen LogP contribution in [0, 0.1) is 0 Å². The van der Waals surface area contributed by atoms with E-state index in [2.05, 4.69) is 9.88 Å². The lowest BCUT2D eigenvalue weighted by Crippen LogP contribution is -2.30. The first-order chi connectivity index (χ1) is 8.58.